The van der Waals surface area contributed by atoms with Crippen molar-refractivity contribution in [3.63, 3.8) is 0 Å². The number of aromatic nitrogens is 2. The normalized spacial score (nSPS) is 10.8. The molecule has 2 aromatic rings. The predicted octanol–water partition coefficient (Wildman–Crippen LogP) is 3.89. The van der Waals surface area contributed by atoms with Crippen LogP contribution < -0.4 is 5.32 Å². The third-order valence-corrected chi connectivity index (χ3v) is 4.13. The summed E-state index contributed by atoms with van der Waals surface area (Å²) >= 11 is 4.39. The van der Waals surface area contributed by atoms with Crippen molar-refractivity contribution in [3.05, 3.63) is 39.1 Å². The SMILES string of the molecule is CC(C)Cc1nnc(NC(=O)c2cccc(F)c2Br)s1. The fraction of sp³-hybridized carbons (Fsp3) is 0.308. The first kappa shape index (κ1) is 15.1. The highest BCUT2D eigenvalue weighted by Gasteiger charge is 2.15. The Morgan fingerprint density at radius 2 is 2.20 bits per heavy atom. The molecule has 0 aliphatic heterocycles. The molecule has 106 valence electrons. The number of nitrogens with zero attached hydrogens (tertiary/aromatic N) is 2. The number of hydrogen-bond donors (Lipinski definition) is 1. The molecule has 0 unspecified atom stereocenters. The molecule has 1 aromatic carbocycles. The summed E-state index contributed by atoms with van der Waals surface area (Å²) in [7, 11) is 0. The predicted molar refractivity (Wildman–Crippen MR) is 80.5 cm³/mol. The van der Waals surface area contributed by atoms with E-state index in [1.165, 1.54) is 23.5 Å². The van der Waals surface area contributed by atoms with Gasteiger partial charge in [-0.15, -0.1) is 10.2 Å². The molecule has 0 aliphatic carbocycles. The molecule has 0 bridgehead atoms. The average Bonchev–Trinajstić information content (AvgIpc) is 2.79. The Hall–Kier alpha value is -1.34. The first-order valence-corrected chi connectivity index (χ1v) is 7.66. The highest BCUT2D eigenvalue weighted by molar-refractivity contribution is 9.10. The number of carbonyl (C=O) groups excluding carboxylic acids is 1. The molecular weight excluding hydrogens is 345 g/mol. The molecule has 7 heteroatoms. The second kappa shape index (κ2) is 6.41. The number of carbonyl (C=O) groups is 1. The second-order valence-corrected chi connectivity index (χ2v) is 6.51. The van der Waals surface area contributed by atoms with Crippen LogP contribution in [0, 0.1) is 11.7 Å². The topological polar surface area (TPSA) is 54.9 Å². The zero-order chi connectivity index (χ0) is 14.7. The molecule has 0 fully saturated rings. The van der Waals surface area contributed by atoms with E-state index in [0.29, 0.717) is 11.0 Å². The van der Waals surface area contributed by atoms with Crippen LogP contribution in [0.15, 0.2) is 22.7 Å². The summed E-state index contributed by atoms with van der Waals surface area (Å²) in [6, 6.07) is 4.31. The summed E-state index contributed by atoms with van der Waals surface area (Å²) in [5, 5.41) is 11.8. The largest absolute Gasteiger partial charge is 0.296 e. The van der Waals surface area contributed by atoms with E-state index in [-0.39, 0.29) is 10.0 Å². The van der Waals surface area contributed by atoms with Crippen molar-refractivity contribution in [2.75, 3.05) is 5.32 Å². The van der Waals surface area contributed by atoms with Gasteiger partial charge in [-0.25, -0.2) is 4.39 Å². The monoisotopic (exact) mass is 357 g/mol. The number of benzene rings is 1. The van der Waals surface area contributed by atoms with Gasteiger partial charge < -0.3 is 0 Å². The van der Waals surface area contributed by atoms with Crippen molar-refractivity contribution in [3.8, 4) is 0 Å². The maximum Gasteiger partial charge on any atom is 0.258 e. The lowest BCUT2D eigenvalue weighted by Gasteiger charge is -2.04. The quantitative estimate of drug-likeness (QED) is 0.902. The molecule has 4 nitrogen and oxygen atoms in total. The Kier molecular flexibility index (Phi) is 4.82. The Bertz CT molecular complexity index is 630. The Morgan fingerprint density at radius 1 is 1.45 bits per heavy atom. The smallest absolute Gasteiger partial charge is 0.258 e. The van der Waals surface area contributed by atoms with Crippen molar-refractivity contribution in [1.29, 1.82) is 0 Å². The highest BCUT2D eigenvalue weighted by atomic mass is 79.9. The summed E-state index contributed by atoms with van der Waals surface area (Å²) in [6.07, 6.45) is 0.817. The van der Waals surface area contributed by atoms with Crippen LogP contribution >= 0.6 is 27.3 Å². The highest BCUT2D eigenvalue weighted by Crippen LogP contribution is 2.23. The van der Waals surface area contributed by atoms with Crippen molar-refractivity contribution in [2.24, 2.45) is 5.92 Å². The van der Waals surface area contributed by atoms with E-state index in [2.05, 4.69) is 45.3 Å². The average molecular weight is 358 g/mol. The van der Waals surface area contributed by atoms with E-state index >= 15 is 0 Å². The maximum absolute atomic E-state index is 13.4. The molecule has 0 saturated carbocycles. The summed E-state index contributed by atoms with van der Waals surface area (Å²) in [5.41, 5.74) is 0.227. The molecule has 0 spiro atoms. The first-order valence-electron chi connectivity index (χ1n) is 6.05. The van der Waals surface area contributed by atoms with Crippen molar-refractivity contribution < 1.29 is 9.18 Å². The standard InChI is InChI=1S/C13H13BrFN3OS/c1-7(2)6-10-17-18-13(20-10)16-12(19)8-4-3-5-9(15)11(8)14/h3-5,7H,6H2,1-2H3,(H,16,18,19). The number of hydrogen-bond acceptors (Lipinski definition) is 4. The van der Waals surface area contributed by atoms with Crippen LogP contribution in [0.25, 0.3) is 0 Å². The van der Waals surface area contributed by atoms with Gasteiger partial charge in [0.15, 0.2) is 0 Å². The number of rotatable bonds is 4. The number of anilines is 1. The molecule has 0 atom stereocenters. The number of amides is 1. The van der Waals surface area contributed by atoms with Crippen LogP contribution in [-0.4, -0.2) is 16.1 Å². The van der Waals surface area contributed by atoms with E-state index in [0.717, 1.165) is 11.4 Å². The third kappa shape index (κ3) is 3.61. The van der Waals surface area contributed by atoms with Gasteiger partial charge in [0.05, 0.1) is 10.0 Å². The summed E-state index contributed by atoms with van der Waals surface area (Å²) < 4.78 is 13.5. The third-order valence-electron chi connectivity index (χ3n) is 2.47. The molecule has 20 heavy (non-hydrogen) atoms. The Balaban J connectivity index is 2.11. The zero-order valence-corrected chi connectivity index (χ0v) is 13.4. The van der Waals surface area contributed by atoms with Crippen LogP contribution in [0.1, 0.15) is 29.2 Å². The van der Waals surface area contributed by atoms with Crippen LogP contribution in [0.5, 0.6) is 0 Å². The Morgan fingerprint density at radius 3 is 2.90 bits per heavy atom. The van der Waals surface area contributed by atoms with Gasteiger partial charge in [-0.05, 0) is 34.0 Å². The van der Waals surface area contributed by atoms with Crippen LogP contribution in [-0.2, 0) is 6.42 Å². The minimum Gasteiger partial charge on any atom is -0.296 e. The van der Waals surface area contributed by atoms with Gasteiger partial charge in [-0.1, -0.05) is 31.3 Å². The van der Waals surface area contributed by atoms with E-state index < -0.39 is 11.7 Å². The zero-order valence-electron chi connectivity index (χ0n) is 11.0. The number of halogens is 2. The van der Waals surface area contributed by atoms with E-state index in [1.807, 2.05) is 0 Å². The van der Waals surface area contributed by atoms with Gasteiger partial charge in [0.1, 0.15) is 10.8 Å². The fourth-order valence-electron chi connectivity index (χ4n) is 1.58. The molecule has 2 rings (SSSR count). The summed E-state index contributed by atoms with van der Waals surface area (Å²) in [6.45, 7) is 4.17. The second-order valence-electron chi connectivity index (χ2n) is 4.65. The minimum atomic E-state index is -0.476. The molecule has 1 heterocycles. The van der Waals surface area contributed by atoms with Crippen molar-refractivity contribution in [2.45, 2.75) is 20.3 Å². The van der Waals surface area contributed by atoms with Crippen molar-refractivity contribution in [1.82, 2.24) is 10.2 Å². The lowest BCUT2D eigenvalue weighted by atomic mass is 10.1. The first-order chi connectivity index (χ1) is 9.47. The van der Waals surface area contributed by atoms with Gasteiger partial charge in [-0.3, -0.25) is 10.1 Å². The van der Waals surface area contributed by atoms with Gasteiger partial charge in [0.2, 0.25) is 5.13 Å². The van der Waals surface area contributed by atoms with Gasteiger partial charge >= 0.3 is 0 Å². The molecule has 0 radical (unpaired) electrons. The number of nitrogens with one attached hydrogen (secondary N) is 1. The van der Waals surface area contributed by atoms with E-state index in [4.69, 9.17) is 0 Å². The molecule has 1 aromatic heterocycles. The molecule has 0 saturated heterocycles. The lowest BCUT2D eigenvalue weighted by Crippen LogP contribution is -2.12. The van der Waals surface area contributed by atoms with Crippen LogP contribution in [0.2, 0.25) is 0 Å². The summed E-state index contributed by atoms with van der Waals surface area (Å²) in [5.74, 6) is -0.414. The van der Waals surface area contributed by atoms with Gasteiger partial charge in [0, 0.05) is 6.42 Å². The van der Waals surface area contributed by atoms with Gasteiger partial charge in [-0.2, -0.15) is 0 Å². The minimum absolute atomic E-state index is 0.143. The van der Waals surface area contributed by atoms with Crippen LogP contribution in [0.4, 0.5) is 9.52 Å². The molecule has 0 aliphatic rings. The van der Waals surface area contributed by atoms with Crippen LogP contribution in [0.3, 0.4) is 0 Å². The fourth-order valence-corrected chi connectivity index (χ4v) is 2.97. The lowest BCUT2D eigenvalue weighted by molar-refractivity contribution is 0.102. The van der Waals surface area contributed by atoms with Crippen molar-refractivity contribution >= 4 is 38.3 Å². The van der Waals surface area contributed by atoms with E-state index in [1.54, 1.807) is 6.07 Å². The molecule has 1 amide bonds. The molecular formula is C13H13BrFN3OS. The Labute approximate surface area is 128 Å². The molecule has 1 N–H and O–H groups in total. The van der Waals surface area contributed by atoms with E-state index in [9.17, 15) is 9.18 Å². The van der Waals surface area contributed by atoms with Gasteiger partial charge in [0.25, 0.3) is 5.91 Å². The summed E-state index contributed by atoms with van der Waals surface area (Å²) in [4.78, 5) is 12.0. The maximum atomic E-state index is 13.4.